The van der Waals surface area contributed by atoms with Gasteiger partial charge in [-0.3, -0.25) is 4.90 Å². The minimum absolute atomic E-state index is 0.808. The lowest BCUT2D eigenvalue weighted by atomic mass is 9.96. The maximum Gasteiger partial charge on any atom is 0.0350 e. The van der Waals surface area contributed by atoms with Crippen LogP contribution in [0.15, 0.2) is 18.2 Å². The molecule has 1 aromatic rings. The Morgan fingerprint density at radius 2 is 2.24 bits per heavy atom. The average molecular weight is 232 g/mol. The summed E-state index contributed by atoms with van der Waals surface area (Å²) in [6.07, 6.45) is 3.74. The topological polar surface area (TPSA) is 29.3 Å². The van der Waals surface area contributed by atoms with Crippen molar-refractivity contribution in [3.8, 4) is 0 Å². The van der Waals surface area contributed by atoms with Crippen molar-refractivity contribution in [2.45, 2.75) is 39.7 Å². The summed E-state index contributed by atoms with van der Waals surface area (Å²) in [5.74, 6) is 0.808. The Balaban J connectivity index is 1.99. The van der Waals surface area contributed by atoms with E-state index < -0.39 is 0 Å². The number of anilines is 1. The van der Waals surface area contributed by atoms with Crippen molar-refractivity contribution in [2.24, 2.45) is 5.92 Å². The fourth-order valence-electron chi connectivity index (χ4n) is 2.88. The van der Waals surface area contributed by atoms with Gasteiger partial charge >= 0.3 is 0 Å². The fraction of sp³-hybridized carbons (Fsp3) is 0.600. The molecule has 1 atom stereocenters. The van der Waals surface area contributed by atoms with Crippen LogP contribution in [0.3, 0.4) is 0 Å². The molecular weight excluding hydrogens is 208 g/mol. The molecule has 1 unspecified atom stereocenters. The van der Waals surface area contributed by atoms with Gasteiger partial charge in [-0.15, -0.1) is 0 Å². The van der Waals surface area contributed by atoms with E-state index in [1.54, 1.807) is 0 Å². The molecule has 1 aliphatic heterocycles. The first-order chi connectivity index (χ1) is 8.20. The Morgan fingerprint density at radius 1 is 1.41 bits per heavy atom. The van der Waals surface area contributed by atoms with E-state index in [-0.39, 0.29) is 0 Å². The number of nitrogens with zero attached hydrogens (tertiary/aromatic N) is 1. The van der Waals surface area contributed by atoms with Gasteiger partial charge < -0.3 is 5.73 Å². The van der Waals surface area contributed by atoms with Crippen molar-refractivity contribution < 1.29 is 0 Å². The van der Waals surface area contributed by atoms with Gasteiger partial charge in [0.2, 0.25) is 0 Å². The van der Waals surface area contributed by atoms with Crippen LogP contribution >= 0.6 is 0 Å². The summed E-state index contributed by atoms with van der Waals surface area (Å²) in [6, 6.07) is 6.32. The highest BCUT2D eigenvalue weighted by atomic mass is 15.1. The second-order valence-corrected chi connectivity index (χ2v) is 5.36. The molecule has 2 rings (SSSR count). The van der Waals surface area contributed by atoms with Gasteiger partial charge in [0.25, 0.3) is 0 Å². The van der Waals surface area contributed by atoms with Crippen molar-refractivity contribution in [3.63, 3.8) is 0 Å². The molecule has 0 bridgehead atoms. The van der Waals surface area contributed by atoms with Crippen LogP contribution in [0.1, 0.15) is 37.8 Å². The summed E-state index contributed by atoms with van der Waals surface area (Å²) in [5.41, 5.74) is 9.80. The van der Waals surface area contributed by atoms with Crippen LogP contribution in [-0.2, 0) is 13.0 Å². The van der Waals surface area contributed by atoms with Crippen LogP contribution in [0.5, 0.6) is 0 Å². The van der Waals surface area contributed by atoms with E-state index in [4.69, 9.17) is 5.73 Å². The number of fused-ring (bicyclic) bond motifs is 1. The van der Waals surface area contributed by atoms with E-state index in [2.05, 4.69) is 30.9 Å². The number of rotatable bonds is 4. The molecule has 0 saturated heterocycles. The average Bonchev–Trinajstić information content (AvgIpc) is 2.29. The Labute approximate surface area is 105 Å². The molecule has 0 radical (unpaired) electrons. The van der Waals surface area contributed by atoms with Gasteiger partial charge in [0.05, 0.1) is 0 Å². The molecule has 0 fully saturated rings. The third-order valence-corrected chi connectivity index (χ3v) is 3.73. The van der Waals surface area contributed by atoms with Gasteiger partial charge in [-0.25, -0.2) is 0 Å². The molecule has 1 aliphatic rings. The molecule has 0 amide bonds. The van der Waals surface area contributed by atoms with Crippen LogP contribution in [0, 0.1) is 5.92 Å². The summed E-state index contributed by atoms with van der Waals surface area (Å²) in [7, 11) is 0. The quantitative estimate of drug-likeness (QED) is 0.808. The Kier molecular flexibility index (Phi) is 4.06. The molecule has 1 heterocycles. The number of hydrogen-bond donors (Lipinski definition) is 1. The fourth-order valence-corrected chi connectivity index (χ4v) is 2.88. The number of hydrogen-bond acceptors (Lipinski definition) is 2. The maximum absolute atomic E-state index is 6.02. The molecule has 2 nitrogen and oxygen atoms in total. The summed E-state index contributed by atoms with van der Waals surface area (Å²) < 4.78 is 0. The standard InChI is InChI=1S/C15H24N2/c1-3-5-12(2)10-17-9-8-14-13(11-17)6-4-7-15(14)16/h4,6-7,12H,3,5,8-11,16H2,1-2H3. The predicted molar refractivity (Wildman–Crippen MR) is 73.9 cm³/mol. The third kappa shape index (κ3) is 3.01. The van der Waals surface area contributed by atoms with Crippen LogP contribution in [0.2, 0.25) is 0 Å². The molecule has 17 heavy (non-hydrogen) atoms. The zero-order valence-corrected chi connectivity index (χ0v) is 11.1. The van der Waals surface area contributed by atoms with E-state index in [0.29, 0.717) is 0 Å². The minimum Gasteiger partial charge on any atom is -0.398 e. The first-order valence-corrected chi connectivity index (χ1v) is 6.79. The largest absolute Gasteiger partial charge is 0.398 e. The normalized spacial score (nSPS) is 17.8. The molecule has 0 aliphatic carbocycles. The van der Waals surface area contributed by atoms with Gasteiger partial charge in [-0.05, 0) is 36.0 Å². The van der Waals surface area contributed by atoms with Gasteiger partial charge in [0.1, 0.15) is 0 Å². The Bertz CT molecular complexity index is 373. The summed E-state index contributed by atoms with van der Waals surface area (Å²) in [6.45, 7) is 8.09. The van der Waals surface area contributed by atoms with Gasteiger partial charge in [-0.1, -0.05) is 32.4 Å². The van der Waals surface area contributed by atoms with E-state index in [1.807, 2.05) is 6.07 Å². The maximum atomic E-state index is 6.02. The van der Waals surface area contributed by atoms with Crippen LogP contribution in [0.4, 0.5) is 5.69 Å². The van der Waals surface area contributed by atoms with Gasteiger partial charge in [0.15, 0.2) is 0 Å². The Hall–Kier alpha value is -1.02. The highest BCUT2D eigenvalue weighted by Gasteiger charge is 2.18. The highest BCUT2D eigenvalue weighted by Crippen LogP contribution is 2.24. The van der Waals surface area contributed by atoms with E-state index in [1.165, 1.54) is 30.5 Å². The zero-order chi connectivity index (χ0) is 12.3. The van der Waals surface area contributed by atoms with Crippen molar-refractivity contribution >= 4 is 5.69 Å². The Morgan fingerprint density at radius 3 is 3.00 bits per heavy atom. The van der Waals surface area contributed by atoms with Crippen LogP contribution < -0.4 is 5.73 Å². The lowest BCUT2D eigenvalue weighted by Crippen LogP contribution is -2.34. The summed E-state index contributed by atoms with van der Waals surface area (Å²) in [5, 5.41) is 0. The van der Waals surface area contributed by atoms with E-state index in [9.17, 15) is 0 Å². The lowest BCUT2D eigenvalue weighted by Gasteiger charge is -2.31. The molecule has 1 aromatic carbocycles. The van der Waals surface area contributed by atoms with Crippen molar-refractivity contribution in [1.82, 2.24) is 4.90 Å². The summed E-state index contributed by atoms with van der Waals surface area (Å²) >= 11 is 0. The predicted octanol–water partition coefficient (Wildman–Crippen LogP) is 3.06. The molecule has 2 heteroatoms. The number of nitrogen functional groups attached to an aromatic ring is 1. The first-order valence-electron chi connectivity index (χ1n) is 6.79. The lowest BCUT2D eigenvalue weighted by molar-refractivity contribution is 0.215. The second kappa shape index (κ2) is 5.54. The number of nitrogens with two attached hydrogens (primary N) is 1. The van der Waals surface area contributed by atoms with Crippen LogP contribution in [-0.4, -0.2) is 18.0 Å². The van der Waals surface area contributed by atoms with E-state index >= 15 is 0 Å². The smallest absolute Gasteiger partial charge is 0.0350 e. The monoisotopic (exact) mass is 232 g/mol. The SMILES string of the molecule is CCCC(C)CN1CCc2c(N)cccc2C1. The molecule has 94 valence electrons. The van der Waals surface area contributed by atoms with Gasteiger partial charge in [0, 0.05) is 25.3 Å². The molecule has 0 spiro atoms. The van der Waals surface area contributed by atoms with Crippen molar-refractivity contribution in [3.05, 3.63) is 29.3 Å². The molecule has 0 saturated carbocycles. The van der Waals surface area contributed by atoms with Crippen LogP contribution in [0.25, 0.3) is 0 Å². The van der Waals surface area contributed by atoms with Crippen molar-refractivity contribution in [2.75, 3.05) is 18.8 Å². The minimum atomic E-state index is 0.808. The van der Waals surface area contributed by atoms with Crippen molar-refractivity contribution in [1.29, 1.82) is 0 Å². The summed E-state index contributed by atoms with van der Waals surface area (Å²) in [4.78, 5) is 2.57. The van der Waals surface area contributed by atoms with E-state index in [0.717, 1.165) is 31.1 Å². The first kappa shape index (κ1) is 12.4. The second-order valence-electron chi connectivity index (χ2n) is 5.36. The zero-order valence-electron chi connectivity index (χ0n) is 11.1. The number of benzene rings is 1. The molecular formula is C15H24N2. The van der Waals surface area contributed by atoms with Gasteiger partial charge in [-0.2, -0.15) is 0 Å². The highest BCUT2D eigenvalue weighted by molar-refractivity contribution is 5.51. The molecule has 2 N–H and O–H groups in total. The molecule has 0 aromatic heterocycles. The third-order valence-electron chi connectivity index (χ3n) is 3.73.